The van der Waals surface area contributed by atoms with Crippen molar-refractivity contribution in [1.29, 1.82) is 0 Å². The molecule has 3 amide bonds. The number of carbonyl (C=O) groups is 3. The number of hydrogen-bond acceptors (Lipinski definition) is 6. The Morgan fingerprint density at radius 2 is 1.65 bits per heavy atom. The van der Waals surface area contributed by atoms with Crippen LogP contribution in [0.1, 0.15) is 64.2 Å². The van der Waals surface area contributed by atoms with Crippen LogP contribution < -0.4 is 10.1 Å². The zero-order valence-corrected chi connectivity index (χ0v) is 22.3. The van der Waals surface area contributed by atoms with Crippen molar-refractivity contribution in [2.45, 2.75) is 57.3 Å². The zero-order valence-electron chi connectivity index (χ0n) is 22.3. The number of phenols is 1. The summed E-state index contributed by atoms with van der Waals surface area (Å²) >= 11 is 0. The first-order chi connectivity index (χ1) is 19.4. The van der Waals surface area contributed by atoms with Crippen molar-refractivity contribution >= 4 is 17.7 Å². The summed E-state index contributed by atoms with van der Waals surface area (Å²) in [6, 6.07) is 20.8. The maximum atomic E-state index is 13.1. The number of carbonyl (C=O) groups excluding carboxylic acids is 3. The Morgan fingerprint density at radius 3 is 2.42 bits per heavy atom. The fraction of sp³-hybridized carbons (Fsp3) is 0.344. The first kappa shape index (κ1) is 26.1. The number of nitrogens with zero attached hydrogens (tertiary/aromatic N) is 2. The molecule has 0 radical (unpaired) electrons. The molecule has 3 heterocycles. The lowest BCUT2D eigenvalue weighted by molar-refractivity contribution is -0.136. The molecule has 8 heteroatoms. The van der Waals surface area contributed by atoms with E-state index in [1.165, 1.54) is 11.1 Å². The fourth-order valence-corrected chi connectivity index (χ4v) is 6.10. The molecule has 8 nitrogen and oxygen atoms in total. The van der Waals surface area contributed by atoms with Crippen molar-refractivity contribution in [3.63, 3.8) is 0 Å². The van der Waals surface area contributed by atoms with Crippen molar-refractivity contribution in [3.8, 4) is 11.5 Å². The molecular weight excluding hydrogens is 506 g/mol. The van der Waals surface area contributed by atoms with Crippen LogP contribution in [0.25, 0.3) is 0 Å². The molecule has 2 fully saturated rings. The van der Waals surface area contributed by atoms with Crippen molar-refractivity contribution in [2.75, 3.05) is 13.1 Å². The summed E-state index contributed by atoms with van der Waals surface area (Å²) in [5.41, 5.74) is 4.92. The molecule has 1 atom stereocenters. The lowest BCUT2D eigenvalue weighted by atomic mass is 9.89. The summed E-state index contributed by atoms with van der Waals surface area (Å²) in [4.78, 5) is 41.1. The Balaban J connectivity index is 1.06. The van der Waals surface area contributed by atoms with E-state index >= 15 is 0 Å². The zero-order chi connectivity index (χ0) is 27.6. The molecule has 6 rings (SSSR count). The number of fused-ring (bicyclic) bond motifs is 1. The number of likely N-dealkylation sites (tertiary alicyclic amines) is 1. The Kier molecular flexibility index (Phi) is 7.26. The molecule has 0 bridgehead atoms. The highest BCUT2D eigenvalue weighted by molar-refractivity contribution is 6.05. The van der Waals surface area contributed by atoms with E-state index < -0.39 is 11.9 Å². The number of piperidine rings is 2. The number of nitrogens with one attached hydrogen (secondary N) is 1. The second-order valence-corrected chi connectivity index (χ2v) is 10.9. The average molecular weight is 540 g/mol. The first-order valence-electron chi connectivity index (χ1n) is 13.9. The second kappa shape index (κ2) is 11.1. The molecular formula is C32H33N3O5. The van der Waals surface area contributed by atoms with Crippen molar-refractivity contribution in [2.24, 2.45) is 0 Å². The summed E-state index contributed by atoms with van der Waals surface area (Å²) in [5, 5.41) is 11.9. The third kappa shape index (κ3) is 5.45. The van der Waals surface area contributed by atoms with E-state index in [-0.39, 0.29) is 24.8 Å². The van der Waals surface area contributed by atoms with Gasteiger partial charge in [0.25, 0.3) is 5.91 Å². The first-order valence-corrected chi connectivity index (χ1v) is 13.9. The van der Waals surface area contributed by atoms with Crippen LogP contribution in [0.4, 0.5) is 0 Å². The molecule has 3 aliphatic rings. The van der Waals surface area contributed by atoms with E-state index in [2.05, 4.69) is 28.4 Å². The molecule has 2 N–H and O–H groups in total. The summed E-state index contributed by atoms with van der Waals surface area (Å²) in [6.07, 6.45) is 2.76. The van der Waals surface area contributed by atoms with Crippen molar-refractivity contribution in [3.05, 3.63) is 94.5 Å². The quantitative estimate of drug-likeness (QED) is 0.439. The predicted octanol–water partition coefficient (Wildman–Crippen LogP) is 4.11. The monoisotopic (exact) mass is 539 g/mol. The maximum Gasteiger partial charge on any atom is 0.255 e. The molecule has 40 heavy (non-hydrogen) atoms. The van der Waals surface area contributed by atoms with Gasteiger partial charge in [-0.2, -0.15) is 0 Å². The van der Waals surface area contributed by atoms with Crippen LogP contribution in [-0.4, -0.2) is 51.8 Å². The lowest BCUT2D eigenvalue weighted by Crippen LogP contribution is -2.52. The highest BCUT2D eigenvalue weighted by Crippen LogP contribution is 2.34. The molecule has 0 spiro atoms. The van der Waals surface area contributed by atoms with Gasteiger partial charge in [0.05, 0.1) is 6.54 Å². The molecule has 3 aliphatic heterocycles. The highest BCUT2D eigenvalue weighted by atomic mass is 16.5. The van der Waals surface area contributed by atoms with Crippen LogP contribution in [0.15, 0.2) is 66.7 Å². The third-order valence-corrected chi connectivity index (χ3v) is 8.28. The van der Waals surface area contributed by atoms with E-state index in [1.807, 2.05) is 24.3 Å². The number of phenolic OH excluding ortho intramolecular Hbond substituents is 1. The number of rotatable bonds is 7. The van der Waals surface area contributed by atoms with Gasteiger partial charge in [0, 0.05) is 24.1 Å². The molecule has 3 aromatic carbocycles. The summed E-state index contributed by atoms with van der Waals surface area (Å²) in [7, 11) is 0. The number of benzene rings is 3. The largest absolute Gasteiger partial charge is 0.508 e. The smallest absolute Gasteiger partial charge is 0.255 e. The summed E-state index contributed by atoms with van der Waals surface area (Å²) in [6.45, 7) is 3.60. The third-order valence-electron chi connectivity index (χ3n) is 8.28. The minimum Gasteiger partial charge on any atom is -0.508 e. The predicted molar refractivity (Wildman–Crippen MR) is 149 cm³/mol. The van der Waals surface area contributed by atoms with Crippen LogP contribution >= 0.6 is 0 Å². The minimum absolute atomic E-state index is 0.203. The van der Waals surface area contributed by atoms with Crippen LogP contribution in [-0.2, 0) is 29.3 Å². The fourth-order valence-electron chi connectivity index (χ4n) is 6.10. The number of imide groups is 1. The van der Waals surface area contributed by atoms with Crippen LogP contribution in [0, 0.1) is 0 Å². The number of hydrogen-bond donors (Lipinski definition) is 2. The average Bonchev–Trinajstić information content (AvgIpc) is 3.29. The molecule has 1 unspecified atom stereocenters. The molecule has 2 saturated heterocycles. The van der Waals surface area contributed by atoms with Gasteiger partial charge in [-0.15, -0.1) is 0 Å². The standard InChI is InChI=1S/C32H33N3O5/c36-25-9-7-23(8-10-25)24-13-15-34(16-14-24)18-21-3-1-4-22(17-21)20-40-29-6-2-5-26-27(29)19-35(32(26)39)28-11-12-30(37)33-31(28)38/h1-10,17,24,28,36H,11-16,18-20H2,(H,33,37,38). The van der Waals surface area contributed by atoms with Gasteiger partial charge in [0.1, 0.15) is 24.1 Å². The molecule has 0 aliphatic carbocycles. The van der Waals surface area contributed by atoms with E-state index in [0.717, 1.165) is 43.6 Å². The normalized spacial score (nSPS) is 19.9. The van der Waals surface area contributed by atoms with E-state index in [9.17, 15) is 19.5 Å². The van der Waals surface area contributed by atoms with Crippen LogP contribution in [0.3, 0.4) is 0 Å². The molecule has 0 aromatic heterocycles. The van der Waals surface area contributed by atoms with E-state index in [0.29, 0.717) is 36.0 Å². The van der Waals surface area contributed by atoms with Crippen LogP contribution in [0.5, 0.6) is 11.5 Å². The Hall–Kier alpha value is -4.17. The number of aromatic hydroxyl groups is 1. The highest BCUT2D eigenvalue weighted by Gasteiger charge is 2.40. The van der Waals surface area contributed by atoms with Gasteiger partial charge in [-0.05, 0) is 79.2 Å². The maximum absolute atomic E-state index is 13.1. The number of amides is 3. The topological polar surface area (TPSA) is 99.2 Å². The number of ether oxygens (including phenoxy) is 1. The molecule has 206 valence electrons. The van der Waals surface area contributed by atoms with Crippen molar-refractivity contribution < 1.29 is 24.2 Å². The van der Waals surface area contributed by atoms with E-state index in [4.69, 9.17) is 4.74 Å². The molecule has 0 saturated carbocycles. The van der Waals surface area contributed by atoms with Gasteiger partial charge < -0.3 is 14.7 Å². The van der Waals surface area contributed by atoms with Gasteiger partial charge in [-0.25, -0.2) is 0 Å². The Bertz CT molecular complexity index is 1430. The van der Waals surface area contributed by atoms with Gasteiger partial charge in [0.15, 0.2) is 0 Å². The molecule has 3 aromatic rings. The van der Waals surface area contributed by atoms with Gasteiger partial charge >= 0.3 is 0 Å². The SMILES string of the molecule is O=C1CCC(N2Cc3c(OCc4cccc(CN5CCC(c6ccc(O)cc6)CC5)c4)cccc3C2=O)C(=O)N1. The van der Waals surface area contributed by atoms with Gasteiger partial charge in [-0.3, -0.25) is 24.6 Å². The van der Waals surface area contributed by atoms with E-state index in [1.54, 1.807) is 29.2 Å². The van der Waals surface area contributed by atoms with Gasteiger partial charge in [0.2, 0.25) is 11.8 Å². The van der Waals surface area contributed by atoms with Gasteiger partial charge in [-0.1, -0.05) is 42.5 Å². The Morgan fingerprint density at radius 1 is 0.900 bits per heavy atom. The minimum atomic E-state index is -0.645. The second-order valence-electron chi connectivity index (χ2n) is 10.9. The summed E-state index contributed by atoms with van der Waals surface area (Å²) in [5.74, 6) is 0.566. The Labute approximate surface area is 233 Å². The lowest BCUT2D eigenvalue weighted by Gasteiger charge is -2.32. The van der Waals surface area contributed by atoms with Crippen molar-refractivity contribution in [1.82, 2.24) is 15.1 Å². The van der Waals surface area contributed by atoms with Crippen LogP contribution in [0.2, 0.25) is 0 Å². The summed E-state index contributed by atoms with van der Waals surface area (Å²) < 4.78 is 6.21.